The van der Waals surface area contributed by atoms with Crippen LogP contribution in [-0.2, 0) is 9.59 Å². The lowest BCUT2D eigenvalue weighted by Gasteiger charge is -2.28. The Labute approximate surface area is 183 Å². The van der Waals surface area contributed by atoms with Gasteiger partial charge in [-0.1, -0.05) is 13.8 Å². The highest BCUT2D eigenvalue weighted by atomic mass is 16.7. The third-order valence-corrected chi connectivity index (χ3v) is 5.14. The van der Waals surface area contributed by atoms with Crippen molar-refractivity contribution >= 4 is 11.9 Å². The first kappa shape index (κ1) is 24.9. The molecule has 2 heterocycles. The van der Waals surface area contributed by atoms with Gasteiger partial charge in [0.15, 0.2) is 0 Å². The number of aromatic hydroxyl groups is 4. The average Bonchev–Trinajstić information content (AvgIpc) is 3.25. The molecule has 0 spiro atoms. The quantitative estimate of drug-likeness (QED) is 0.274. The monoisotopic (exact) mass is 456 g/mol. The number of rotatable bonds is 11. The minimum atomic E-state index is -1.58. The van der Waals surface area contributed by atoms with Crippen molar-refractivity contribution < 1.29 is 49.9 Å². The normalized spacial score (nSPS) is 15.0. The highest BCUT2D eigenvalue weighted by Crippen LogP contribution is 2.26. The van der Waals surface area contributed by atoms with E-state index in [4.69, 9.17) is 9.68 Å². The maximum atomic E-state index is 12.2. The van der Waals surface area contributed by atoms with Gasteiger partial charge in [-0.3, -0.25) is 0 Å². The van der Waals surface area contributed by atoms with Crippen LogP contribution in [0.2, 0.25) is 0 Å². The van der Waals surface area contributed by atoms with E-state index >= 15 is 0 Å². The zero-order chi connectivity index (χ0) is 24.1. The maximum Gasteiger partial charge on any atom is 0.335 e. The van der Waals surface area contributed by atoms with Gasteiger partial charge >= 0.3 is 11.9 Å². The highest BCUT2D eigenvalue weighted by molar-refractivity contribution is 5.73. The number of aromatic nitrogens is 2. The van der Waals surface area contributed by atoms with Gasteiger partial charge in [-0.25, -0.2) is 9.59 Å². The van der Waals surface area contributed by atoms with Gasteiger partial charge in [0, 0.05) is 24.3 Å². The summed E-state index contributed by atoms with van der Waals surface area (Å²) in [6.45, 7) is 2.43. The van der Waals surface area contributed by atoms with E-state index in [0.29, 0.717) is 9.46 Å². The molecule has 0 amide bonds. The van der Waals surface area contributed by atoms with Crippen LogP contribution in [0.4, 0.5) is 0 Å². The molecule has 0 saturated carbocycles. The van der Waals surface area contributed by atoms with Crippen LogP contribution in [0, 0.1) is 11.8 Å². The zero-order valence-corrected chi connectivity index (χ0v) is 17.7. The van der Waals surface area contributed by atoms with Gasteiger partial charge in [-0.05, 0) is 25.7 Å². The lowest BCUT2D eigenvalue weighted by molar-refractivity contribution is -0.150. The molecular weight excluding hydrogens is 428 g/mol. The summed E-state index contributed by atoms with van der Waals surface area (Å²) in [5.74, 6) is -4.86. The largest absolute Gasteiger partial charge is 0.492 e. The average molecular weight is 456 g/mol. The van der Waals surface area contributed by atoms with Crippen molar-refractivity contribution in [1.29, 1.82) is 0 Å². The van der Waals surface area contributed by atoms with Crippen LogP contribution in [0.3, 0.4) is 0 Å². The second-order valence-electron chi connectivity index (χ2n) is 7.77. The van der Waals surface area contributed by atoms with Crippen molar-refractivity contribution in [2.45, 2.75) is 45.1 Å². The molecule has 12 heteroatoms. The molecule has 2 unspecified atom stereocenters. The van der Waals surface area contributed by atoms with Crippen LogP contribution >= 0.6 is 0 Å². The molecule has 2 aromatic rings. The van der Waals surface area contributed by atoms with Crippen LogP contribution in [0.1, 0.15) is 39.5 Å². The van der Waals surface area contributed by atoms with Crippen molar-refractivity contribution in [3.63, 3.8) is 0 Å². The molecule has 0 radical (unpaired) electrons. The van der Waals surface area contributed by atoms with Crippen molar-refractivity contribution in [3.05, 3.63) is 24.3 Å². The van der Waals surface area contributed by atoms with Gasteiger partial charge in [-0.2, -0.15) is 0 Å². The molecule has 0 aliphatic heterocycles. The number of hydrogen-bond donors (Lipinski definition) is 6. The summed E-state index contributed by atoms with van der Waals surface area (Å²) >= 11 is 0. The molecule has 32 heavy (non-hydrogen) atoms. The molecule has 0 aliphatic rings. The van der Waals surface area contributed by atoms with E-state index in [2.05, 4.69) is 0 Å². The fraction of sp³-hybridized carbons (Fsp3) is 0.500. The van der Waals surface area contributed by atoms with Gasteiger partial charge in [-0.15, -0.1) is 9.46 Å². The van der Waals surface area contributed by atoms with Gasteiger partial charge < -0.3 is 40.3 Å². The Balaban J connectivity index is 1.85. The SMILES string of the molecule is CC(CCC(O)(CO)CCC(C)C(=O)On1c(O)ccc1O)C(=O)On1c(O)ccc1O. The smallest absolute Gasteiger partial charge is 0.335 e. The summed E-state index contributed by atoms with van der Waals surface area (Å²) in [7, 11) is 0. The third-order valence-electron chi connectivity index (χ3n) is 5.14. The molecule has 0 bridgehead atoms. The standard InChI is InChI=1S/C20H28N2O10/c1-12(18(28)31-21-14(24)3-4-15(21)25)7-9-20(30,11-23)10-8-13(2)19(29)32-22-16(26)5-6-17(22)27/h3-6,12-13,23-27,30H,7-11H2,1-2H3. The van der Waals surface area contributed by atoms with Gasteiger partial charge in [0.2, 0.25) is 23.5 Å². The number of hydrogen-bond acceptors (Lipinski definition) is 10. The molecular formula is C20H28N2O10. The van der Waals surface area contributed by atoms with Gasteiger partial charge in [0.1, 0.15) is 0 Å². The predicted octanol–water partition coefficient (Wildman–Crippen LogP) is 0.279. The summed E-state index contributed by atoms with van der Waals surface area (Å²) < 4.78 is 1.12. The molecule has 0 fully saturated rings. The number of nitrogens with zero attached hydrogens (tertiary/aromatic N) is 2. The number of aliphatic hydroxyl groups excluding tert-OH is 1. The van der Waals surface area contributed by atoms with E-state index in [1.54, 1.807) is 0 Å². The van der Waals surface area contributed by atoms with E-state index in [0.717, 1.165) is 24.3 Å². The number of aliphatic hydroxyl groups is 2. The minimum Gasteiger partial charge on any atom is -0.492 e. The van der Waals surface area contributed by atoms with E-state index in [1.165, 1.54) is 13.8 Å². The highest BCUT2D eigenvalue weighted by Gasteiger charge is 2.31. The molecule has 0 aliphatic carbocycles. The second kappa shape index (κ2) is 10.3. The third kappa shape index (κ3) is 6.08. The van der Waals surface area contributed by atoms with Gasteiger partial charge in [0.05, 0.1) is 24.0 Å². The van der Waals surface area contributed by atoms with Crippen LogP contribution in [0.25, 0.3) is 0 Å². The van der Waals surface area contributed by atoms with E-state index in [9.17, 15) is 40.2 Å². The Morgan fingerprint density at radius 1 is 0.812 bits per heavy atom. The Morgan fingerprint density at radius 2 is 1.12 bits per heavy atom. The number of carbonyl (C=O) groups is 2. The lowest BCUT2D eigenvalue weighted by atomic mass is 9.87. The van der Waals surface area contributed by atoms with Crippen molar-refractivity contribution in [2.75, 3.05) is 6.61 Å². The first-order valence-corrected chi connectivity index (χ1v) is 9.94. The fourth-order valence-corrected chi connectivity index (χ4v) is 2.84. The topological polar surface area (TPSA) is 184 Å². The number of carbonyl (C=O) groups excluding carboxylic acids is 2. The lowest BCUT2D eigenvalue weighted by Crippen LogP contribution is -2.36. The van der Waals surface area contributed by atoms with E-state index in [-0.39, 0.29) is 25.7 Å². The van der Waals surface area contributed by atoms with E-state index < -0.39 is 59.5 Å². The van der Waals surface area contributed by atoms with Crippen LogP contribution in [0.5, 0.6) is 23.5 Å². The first-order chi connectivity index (χ1) is 15.0. The maximum absolute atomic E-state index is 12.2. The van der Waals surface area contributed by atoms with Crippen molar-refractivity contribution in [2.24, 2.45) is 11.8 Å². The van der Waals surface area contributed by atoms with Crippen LogP contribution < -0.4 is 9.68 Å². The Bertz CT molecular complexity index is 826. The Kier molecular flexibility index (Phi) is 8.00. The molecule has 0 saturated heterocycles. The molecule has 12 nitrogen and oxygen atoms in total. The summed E-state index contributed by atoms with van der Waals surface area (Å²) in [5, 5.41) is 58.4. The molecule has 178 valence electrons. The van der Waals surface area contributed by atoms with Crippen LogP contribution in [0.15, 0.2) is 24.3 Å². The zero-order valence-electron chi connectivity index (χ0n) is 17.7. The van der Waals surface area contributed by atoms with E-state index in [1.807, 2.05) is 0 Å². The Morgan fingerprint density at radius 3 is 1.41 bits per heavy atom. The molecule has 2 aromatic heterocycles. The van der Waals surface area contributed by atoms with Gasteiger partial charge in [0.25, 0.3) is 0 Å². The fourth-order valence-electron chi connectivity index (χ4n) is 2.84. The van der Waals surface area contributed by atoms with Crippen molar-refractivity contribution in [1.82, 2.24) is 9.46 Å². The first-order valence-electron chi connectivity index (χ1n) is 9.94. The summed E-state index contributed by atoms with van der Waals surface area (Å²) in [6.07, 6.45) is 0.236. The molecule has 2 atom stereocenters. The molecule has 6 N–H and O–H groups in total. The summed E-state index contributed by atoms with van der Waals surface area (Å²) in [5.41, 5.74) is -1.58. The summed E-state index contributed by atoms with van der Waals surface area (Å²) in [4.78, 5) is 34.1. The molecule has 2 rings (SSSR count). The predicted molar refractivity (Wildman–Crippen MR) is 108 cm³/mol. The molecule has 0 aromatic carbocycles. The minimum absolute atomic E-state index is 0.00432. The van der Waals surface area contributed by atoms with Crippen LogP contribution in [-0.4, -0.2) is 64.2 Å². The summed E-state index contributed by atoms with van der Waals surface area (Å²) in [6, 6.07) is 4.57. The van der Waals surface area contributed by atoms with Crippen molar-refractivity contribution in [3.8, 4) is 23.5 Å². The second-order valence-corrected chi connectivity index (χ2v) is 7.77. The Hall–Kier alpha value is -3.38.